The second kappa shape index (κ2) is 2.91. The average Bonchev–Trinajstić information content (AvgIpc) is 1.67. The van der Waals surface area contributed by atoms with Crippen molar-refractivity contribution in [1.82, 2.24) is 0 Å². The topological polar surface area (TPSA) is 0 Å². The van der Waals surface area contributed by atoms with Gasteiger partial charge in [0.05, 0.1) is 8.16 Å². The third kappa shape index (κ3) is 1.67. The third-order valence-electron chi connectivity index (χ3n) is 2.45. The zero-order valence-corrected chi connectivity index (χ0v) is 13.2. The highest BCUT2D eigenvalue weighted by molar-refractivity contribution is 8.59. The first-order valence-electron chi connectivity index (χ1n) is 4.47. The lowest BCUT2D eigenvalue weighted by Gasteiger charge is -2.64. The summed E-state index contributed by atoms with van der Waals surface area (Å²) in [6, 6.07) is 0. The van der Waals surface area contributed by atoms with Crippen LogP contribution in [0.1, 0.15) is 27.2 Å². The molecular formula is C8H12S6. The Hall–Kier alpha value is 2.10. The van der Waals surface area contributed by atoms with Crippen LogP contribution >= 0.6 is 71.4 Å². The Labute approximate surface area is 112 Å². The molecule has 0 amide bonds. The highest BCUT2D eigenvalue weighted by Crippen LogP contribution is 2.85. The molecule has 4 bridgehead atoms. The van der Waals surface area contributed by atoms with Crippen LogP contribution in [-0.4, -0.2) is 14.3 Å². The van der Waals surface area contributed by atoms with Crippen molar-refractivity contribution in [3.05, 3.63) is 0 Å². The van der Waals surface area contributed by atoms with Gasteiger partial charge in [-0.15, -0.1) is 59.7 Å². The quantitative estimate of drug-likeness (QED) is 0.640. The Bertz CT molecular complexity index is 207. The zero-order chi connectivity index (χ0) is 10.2. The predicted molar refractivity (Wildman–Crippen MR) is 79.5 cm³/mol. The maximum Gasteiger partial charge on any atom is 0.155 e. The van der Waals surface area contributed by atoms with E-state index in [1.54, 1.807) is 0 Å². The normalized spacial score (nSPS) is 66.0. The van der Waals surface area contributed by atoms with Crippen molar-refractivity contribution >= 4 is 71.4 Å². The van der Waals surface area contributed by atoms with E-state index >= 15 is 0 Å². The van der Waals surface area contributed by atoms with Gasteiger partial charge in [0, 0.05) is 0 Å². The SMILES string of the molecule is CC12CC3(C)SC(C)(S1)SC(S)(S2)S3. The number of hydrogen-bond donors (Lipinski definition) is 1. The van der Waals surface area contributed by atoms with Crippen molar-refractivity contribution in [1.29, 1.82) is 0 Å². The van der Waals surface area contributed by atoms with E-state index in [0.29, 0.717) is 11.6 Å². The summed E-state index contributed by atoms with van der Waals surface area (Å²) in [7, 11) is 0. The van der Waals surface area contributed by atoms with Gasteiger partial charge in [-0.2, -0.15) is 0 Å². The van der Waals surface area contributed by atoms with E-state index in [2.05, 4.69) is 44.3 Å². The summed E-state index contributed by atoms with van der Waals surface area (Å²) in [5.74, 6) is 0. The second-order valence-corrected chi connectivity index (χ2v) is 16.9. The number of rotatable bonds is 0. The van der Waals surface area contributed by atoms with Crippen LogP contribution < -0.4 is 0 Å². The van der Waals surface area contributed by atoms with Crippen LogP contribution in [0.2, 0.25) is 0 Å². The summed E-state index contributed by atoms with van der Waals surface area (Å²) in [5.41, 5.74) is 0. The van der Waals surface area contributed by atoms with Gasteiger partial charge in [-0.3, -0.25) is 0 Å². The highest BCUT2D eigenvalue weighted by Gasteiger charge is 2.66. The molecule has 0 aromatic heterocycles. The standard InChI is InChI=1S/C8H12S6/c1-5-4-6(2)11-7(3,10-5)14-8(9,12-5)13-6/h9H,4H2,1-3H3. The molecule has 4 rings (SSSR count). The van der Waals surface area contributed by atoms with E-state index in [9.17, 15) is 0 Å². The van der Waals surface area contributed by atoms with Gasteiger partial charge < -0.3 is 0 Å². The maximum atomic E-state index is 4.87. The van der Waals surface area contributed by atoms with Gasteiger partial charge in [0.1, 0.15) is 3.41 Å². The summed E-state index contributed by atoms with van der Waals surface area (Å²) in [5, 5.41) is 0. The van der Waals surface area contributed by atoms with Crippen molar-refractivity contribution in [2.75, 3.05) is 0 Å². The molecule has 4 saturated heterocycles. The van der Waals surface area contributed by atoms with Crippen LogP contribution in [0.4, 0.5) is 0 Å². The molecule has 0 aromatic carbocycles. The Balaban J connectivity index is 2.08. The second-order valence-electron chi connectivity index (χ2n) is 4.34. The van der Waals surface area contributed by atoms with Crippen LogP contribution in [0.15, 0.2) is 0 Å². The lowest BCUT2D eigenvalue weighted by molar-refractivity contribution is 0.700. The Kier molecular flexibility index (Phi) is 2.33. The first kappa shape index (κ1) is 11.2. The summed E-state index contributed by atoms with van der Waals surface area (Å²) < 4.78 is 1.17. The van der Waals surface area contributed by atoms with Crippen LogP contribution in [0, 0.1) is 0 Å². The Morgan fingerprint density at radius 1 is 0.857 bits per heavy atom. The van der Waals surface area contributed by atoms with Gasteiger partial charge in [-0.05, 0) is 27.2 Å². The van der Waals surface area contributed by atoms with Crippen molar-refractivity contribution in [3.8, 4) is 0 Å². The molecule has 6 heteroatoms. The van der Waals surface area contributed by atoms with Crippen LogP contribution in [-0.2, 0) is 0 Å². The molecule has 2 unspecified atom stereocenters. The summed E-state index contributed by atoms with van der Waals surface area (Å²) in [6.07, 6.45) is 1.29. The molecule has 4 aliphatic rings. The fourth-order valence-electron chi connectivity index (χ4n) is 2.46. The minimum absolute atomic E-state index is 0.0903. The fraction of sp³-hybridized carbons (Fsp3) is 1.00. The van der Waals surface area contributed by atoms with E-state index in [1.807, 2.05) is 35.3 Å². The number of thioether (sulfide) groups is 5. The van der Waals surface area contributed by atoms with Crippen LogP contribution in [0.3, 0.4) is 0 Å². The molecule has 0 radical (unpaired) electrons. The number of hydrogen-bond acceptors (Lipinski definition) is 6. The van der Waals surface area contributed by atoms with E-state index in [0.717, 1.165) is 0 Å². The molecule has 2 atom stereocenters. The van der Waals surface area contributed by atoms with E-state index in [1.165, 1.54) is 6.42 Å². The van der Waals surface area contributed by atoms with Crippen LogP contribution in [0.25, 0.3) is 0 Å². The van der Waals surface area contributed by atoms with Gasteiger partial charge in [-0.1, -0.05) is 11.8 Å². The van der Waals surface area contributed by atoms with E-state index in [-0.39, 0.29) is 2.74 Å². The molecule has 0 saturated carbocycles. The maximum absolute atomic E-state index is 4.87. The van der Waals surface area contributed by atoms with Gasteiger partial charge >= 0.3 is 0 Å². The van der Waals surface area contributed by atoms with Gasteiger partial charge in [0.25, 0.3) is 0 Å². The first-order chi connectivity index (χ1) is 6.24. The van der Waals surface area contributed by atoms with E-state index < -0.39 is 0 Å². The van der Waals surface area contributed by atoms with Crippen molar-refractivity contribution < 1.29 is 0 Å². The summed E-state index contributed by atoms with van der Waals surface area (Å²) in [6.45, 7) is 7.15. The molecule has 4 aliphatic heterocycles. The highest BCUT2D eigenvalue weighted by atomic mass is 32.4. The molecule has 4 fully saturated rings. The molecule has 0 aromatic rings. The predicted octanol–water partition coefficient (Wildman–Crippen LogP) is 4.73. The minimum atomic E-state index is 0.0903. The Morgan fingerprint density at radius 3 is 1.71 bits per heavy atom. The van der Waals surface area contributed by atoms with Gasteiger partial charge in [0.2, 0.25) is 0 Å². The van der Waals surface area contributed by atoms with E-state index in [4.69, 9.17) is 12.6 Å². The lowest BCUT2D eigenvalue weighted by Crippen LogP contribution is -2.52. The fourth-order valence-corrected chi connectivity index (χ4v) is 21.0. The van der Waals surface area contributed by atoms with Crippen LogP contribution in [0.5, 0.6) is 0 Å². The Morgan fingerprint density at radius 2 is 1.36 bits per heavy atom. The average molecular weight is 301 g/mol. The molecular weight excluding hydrogens is 288 g/mol. The molecule has 0 N–H and O–H groups in total. The molecule has 4 heterocycles. The molecule has 0 spiro atoms. The molecule has 0 aliphatic carbocycles. The minimum Gasteiger partial charge on any atom is -0.140 e. The third-order valence-corrected chi connectivity index (χ3v) is 11.5. The lowest BCUT2D eigenvalue weighted by atomic mass is 10.2. The first-order valence-corrected chi connectivity index (χ1v) is 9.00. The molecule has 0 nitrogen and oxygen atoms in total. The smallest absolute Gasteiger partial charge is 0.140 e. The summed E-state index contributed by atoms with van der Waals surface area (Å²) >= 11 is 15.3. The summed E-state index contributed by atoms with van der Waals surface area (Å²) in [4.78, 5) is 0. The number of thiol groups is 1. The van der Waals surface area contributed by atoms with Gasteiger partial charge in [0.15, 0.2) is 2.74 Å². The van der Waals surface area contributed by atoms with Crippen molar-refractivity contribution in [2.45, 2.75) is 41.5 Å². The molecule has 80 valence electrons. The van der Waals surface area contributed by atoms with Gasteiger partial charge in [-0.25, -0.2) is 0 Å². The molecule has 14 heavy (non-hydrogen) atoms. The monoisotopic (exact) mass is 300 g/mol. The van der Waals surface area contributed by atoms with Crippen molar-refractivity contribution in [2.24, 2.45) is 0 Å². The van der Waals surface area contributed by atoms with Crippen molar-refractivity contribution in [3.63, 3.8) is 0 Å². The largest absolute Gasteiger partial charge is 0.155 e. The zero-order valence-electron chi connectivity index (χ0n) is 8.20.